The fourth-order valence-electron chi connectivity index (χ4n) is 4.71. The Morgan fingerprint density at radius 1 is 1.26 bits per heavy atom. The van der Waals surface area contributed by atoms with Gasteiger partial charge in [-0.25, -0.2) is 8.42 Å². The minimum absolute atomic E-state index is 0.0954. The monoisotopic (exact) mass is 286 g/mol. The highest BCUT2D eigenvalue weighted by Gasteiger charge is 2.52. The first-order valence-corrected chi connectivity index (χ1v) is 9.48. The van der Waals surface area contributed by atoms with Crippen molar-refractivity contribution in [3.05, 3.63) is 0 Å². The minimum Gasteiger partial charge on any atom is -0.314 e. The molecule has 2 bridgehead atoms. The highest BCUT2D eigenvalue weighted by Crippen LogP contribution is 2.44. The summed E-state index contributed by atoms with van der Waals surface area (Å²) in [5.41, 5.74) is -0.0954. The van der Waals surface area contributed by atoms with E-state index in [1.165, 1.54) is 25.7 Å². The van der Waals surface area contributed by atoms with E-state index in [4.69, 9.17) is 0 Å². The zero-order valence-corrected chi connectivity index (χ0v) is 12.9. The maximum Gasteiger partial charge on any atom is 0.152 e. The fraction of sp³-hybridized carbons (Fsp3) is 1.00. The minimum atomic E-state index is -2.80. The summed E-state index contributed by atoms with van der Waals surface area (Å²) < 4.78 is 23.7. The number of rotatable bonds is 3. The third-order valence-electron chi connectivity index (χ3n) is 5.33. The van der Waals surface area contributed by atoms with Crippen LogP contribution in [0, 0.1) is 0 Å². The van der Waals surface area contributed by atoms with Crippen molar-refractivity contribution in [2.75, 3.05) is 18.1 Å². The number of piperidine rings is 1. The van der Waals surface area contributed by atoms with Gasteiger partial charge in [-0.05, 0) is 45.6 Å². The van der Waals surface area contributed by atoms with Crippen molar-refractivity contribution < 1.29 is 8.42 Å². The van der Waals surface area contributed by atoms with Crippen molar-refractivity contribution in [1.29, 1.82) is 0 Å². The predicted octanol–water partition coefficient (Wildman–Crippen LogP) is 1.17. The second-order valence-electron chi connectivity index (χ2n) is 6.86. The quantitative estimate of drug-likeness (QED) is 0.846. The number of sulfone groups is 1. The third-order valence-corrected chi connectivity index (χ3v) is 7.22. The molecule has 3 aliphatic heterocycles. The molecule has 110 valence electrons. The summed E-state index contributed by atoms with van der Waals surface area (Å²) in [5, 5.41) is 3.58. The number of nitrogens with one attached hydrogen (secondary N) is 1. The Morgan fingerprint density at radius 2 is 1.89 bits per heavy atom. The molecular weight excluding hydrogens is 260 g/mol. The van der Waals surface area contributed by atoms with Gasteiger partial charge in [0.2, 0.25) is 0 Å². The smallest absolute Gasteiger partial charge is 0.152 e. The Hall–Kier alpha value is -0.130. The molecule has 3 rings (SSSR count). The van der Waals surface area contributed by atoms with Gasteiger partial charge in [0.1, 0.15) is 0 Å². The van der Waals surface area contributed by atoms with Gasteiger partial charge in [-0.3, -0.25) is 4.90 Å². The highest BCUT2D eigenvalue weighted by atomic mass is 32.2. The lowest BCUT2D eigenvalue weighted by molar-refractivity contribution is 0.0249. The summed E-state index contributed by atoms with van der Waals surface area (Å²) >= 11 is 0. The largest absolute Gasteiger partial charge is 0.314 e. The Kier molecular flexibility index (Phi) is 3.43. The van der Waals surface area contributed by atoms with Crippen molar-refractivity contribution in [3.8, 4) is 0 Å². The highest BCUT2D eigenvalue weighted by molar-refractivity contribution is 7.91. The molecule has 3 heterocycles. The van der Waals surface area contributed by atoms with Crippen LogP contribution in [0.1, 0.15) is 46.0 Å². The first kappa shape index (κ1) is 13.8. The van der Waals surface area contributed by atoms with E-state index in [2.05, 4.69) is 24.1 Å². The molecule has 0 aromatic carbocycles. The van der Waals surface area contributed by atoms with E-state index >= 15 is 0 Å². The van der Waals surface area contributed by atoms with Crippen molar-refractivity contribution >= 4 is 9.84 Å². The molecule has 3 unspecified atom stereocenters. The van der Waals surface area contributed by atoms with Gasteiger partial charge >= 0.3 is 0 Å². The lowest BCUT2D eigenvalue weighted by atomic mass is 9.89. The fourth-order valence-corrected chi connectivity index (χ4v) is 6.85. The van der Waals surface area contributed by atoms with Crippen molar-refractivity contribution in [1.82, 2.24) is 10.2 Å². The van der Waals surface area contributed by atoms with Crippen molar-refractivity contribution in [3.63, 3.8) is 0 Å². The normalized spacial score (nSPS) is 45.7. The number of hydrogen-bond acceptors (Lipinski definition) is 4. The van der Waals surface area contributed by atoms with E-state index in [0.717, 1.165) is 13.0 Å². The molecule has 19 heavy (non-hydrogen) atoms. The van der Waals surface area contributed by atoms with Crippen LogP contribution in [0.4, 0.5) is 0 Å². The lowest BCUT2D eigenvalue weighted by Gasteiger charge is -2.48. The van der Waals surface area contributed by atoms with Gasteiger partial charge in [0, 0.05) is 23.7 Å². The van der Waals surface area contributed by atoms with Gasteiger partial charge in [-0.2, -0.15) is 0 Å². The summed E-state index contributed by atoms with van der Waals surface area (Å²) in [4.78, 5) is 2.59. The van der Waals surface area contributed by atoms with Crippen molar-refractivity contribution in [2.45, 2.75) is 69.6 Å². The maximum absolute atomic E-state index is 11.9. The molecule has 0 aromatic rings. The molecule has 1 N–H and O–H groups in total. The second kappa shape index (κ2) is 4.71. The van der Waals surface area contributed by atoms with Crippen molar-refractivity contribution in [2.24, 2.45) is 0 Å². The summed E-state index contributed by atoms with van der Waals surface area (Å²) in [6.45, 7) is 5.38. The van der Waals surface area contributed by atoms with Gasteiger partial charge in [0.15, 0.2) is 9.84 Å². The van der Waals surface area contributed by atoms with Crippen LogP contribution in [0.3, 0.4) is 0 Å². The lowest BCUT2D eigenvalue weighted by Crippen LogP contribution is -2.59. The summed E-state index contributed by atoms with van der Waals surface area (Å²) in [7, 11) is -2.80. The summed E-state index contributed by atoms with van der Waals surface area (Å²) in [6.07, 6.45) is 5.72. The van der Waals surface area contributed by atoms with Gasteiger partial charge in [0.25, 0.3) is 0 Å². The van der Waals surface area contributed by atoms with Gasteiger partial charge in [-0.15, -0.1) is 0 Å². The van der Waals surface area contributed by atoms with Crippen LogP contribution in [-0.4, -0.2) is 55.0 Å². The molecule has 3 saturated heterocycles. The average molecular weight is 286 g/mol. The molecule has 0 saturated carbocycles. The molecule has 0 spiro atoms. The molecule has 0 radical (unpaired) electrons. The first-order chi connectivity index (χ1) is 8.93. The Balaban J connectivity index is 1.77. The van der Waals surface area contributed by atoms with E-state index in [0.29, 0.717) is 29.6 Å². The Bertz CT molecular complexity index is 436. The van der Waals surface area contributed by atoms with E-state index in [-0.39, 0.29) is 5.54 Å². The molecular formula is C14H26N2O2S. The molecule has 0 amide bonds. The van der Waals surface area contributed by atoms with Crippen LogP contribution in [0.15, 0.2) is 0 Å². The van der Waals surface area contributed by atoms with E-state index in [1.807, 2.05) is 0 Å². The zero-order valence-electron chi connectivity index (χ0n) is 12.1. The average Bonchev–Trinajstić information content (AvgIpc) is 2.76. The Labute approximate surface area is 116 Å². The zero-order chi connectivity index (χ0) is 13.7. The van der Waals surface area contributed by atoms with Gasteiger partial charge in [-0.1, -0.05) is 6.92 Å². The molecule has 0 aliphatic carbocycles. The first-order valence-electron chi connectivity index (χ1n) is 7.66. The SMILES string of the molecule is CCNC1CC2CCC(C1)N2C1(C)CCS(=O)(=O)C1. The van der Waals surface area contributed by atoms with Crippen LogP contribution < -0.4 is 5.32 Å². The van der Waals surface area contributed by atoms with Gasteiger partial charge in [0.05, 0.1) is 11.5 Å². The predicted molar refractivity (Wildman–Crippen MR) is 77.0 cm³/mol. The van der Waals surface area contributed by atoms with Crippen LogP contribution >= 0.6 is 0 Å². The molecule has 3 fully saturated rings. The van der Waals surface area contributed by atoms with Crippen LogP contribution in [-0.2, 0) is 9.84 Å². The molecule has 3 atom stereocenters. The second-order valence-corrected chi connectivity index (χ2v) is 9.04. The molecule has 5 heteroatoms. The van der Waals surface area contributed by atoms with E-state index < -0.39 is 9.84 Å². The van der Waals surface area contributed by atoms with Crippen LogP contribution in [0.25, 0.3) is 0 Å². The molecule has 3 aliphatic rings. The van der Waals surface area contributed by atoms with Gasteiger partial charge < -0.3 is 5.32 Å². The maximum atomic E-state index is 11.9. The summed E-state index contributed by atoms with van der Waals surface area (Å²) in [6, 6.07) is 1.84. The van der Waals surface area contributed by atoms with Crippen LogP contribution in [0.5, 0.6) is 0 Å². The standard InChI is InChI=1S/C14H26N2O2S/c1-3-15-11-8-12-4-5-13(9-11)16(12)14(2)6-7-19(17,18)10-14/h11-13,15H,3-10H2,1-2H3. The summed E-state index contributed by atoms with van der Waals surface area (Å²) in [5.74, 6) is 0.759. The Morgan fingerprint density at radius 3 is 2.37 bits per heavy atom. The molecule has 0 aromatic heterocycles. The van der Waals surface area contributed by atoms with E-state index in [1.54, 1.807) is 0 Å². The molecule has 4 nitrogen and oxygen atoms in total. The number of hydrogen-bond donors (Lipinski definition) is 1. The van der Waals surface area contributed by atoms with Crippen LogP contribution in [0.2, 0.25) is 0 Å². The third kappa shape index (κ3) is 2.45. The number of nitrogens with zero attached hydrogens (tertiary/aromatic N) is 1. The van der Waals surface area contributed by atoms with E-state index in [9.17, 15) is 8.42 Å². The topological polar surface area (TPSA) is 49.4 Å². The number of fused-ring (bicyclic) bond motifs is 2.